The Hall–Kier alpha value is -2.99. The normalized spacial score (nSPS) is 12.1. The van der Waals surface area contributed by atoms with E-state index in [4.69, 9.17) is 11.8 Å². The Kier molecular flexibility index (Phi) is 7.32. The van der Waals surface area contributed by atoms with Gasteiger partial charge in [0.05, 0.1) is 0 Å². The molecule has 0 aliphatic heterocycles. The molecule has 0 heterocycles. The quantitative estimate of drug-likeness (QED) is 0.154. The summed E-state index contributed by atoms with van der Waals surface area (Å²) < 4.78 is 0. The molecule has 0 spiro atoms. The van der Waals surface area contributed by atoms with Gasteiger partial charge in [-0.2, -0.15) is 0 Å². The van der Waals surface area contributed by atoms with Gasteiger partial charge in [0, 0.05) is 12.2 Å². The Labute approximate surface area is 197 Å². The first-order chi connectivity index (χ1) is 15.7. The minimum atomic E-state index is -2.10. The molecule has 0 nitrogen and oxygen atoms in total. The van der Waals surface area contributed by atoms with Gasteiger partial charge in [-0.25, -0.2) is 0 Å². The van der Waals surface area contributed by atoms with Crippen LogP contribution >= 0.6 is 6.04 Å². The van der Waals surface area contributed by atoms with Gasteiger partial charge in [0.25, 0.3) is 0 Å². The van der Waals surface area contributed by atoms with Crippen LogP contribution in [0.3, 0.4) is 0 Å². The molecule has 158 valence electrons. The maximum absolute atomic E-state index is 6.62. The number of benzene rings is 4. The van der Waals surface area contributed by atoms with E-state index in [1.165, 1.54) is 32.9 Å². The highest BCUT2D eigenvalue weighted by Gasteiger charge is 2.26. The summed E-state index contributed by atoms with van der Waals surface area (Å²) in [6.45, 7) is 4.06. The molecule has 2 heteroatoms. The van der Waals surface area contributed by atoms with Crippen LogP contribution in [0.25, 0.3) is 11.1 Å². The molecule has 0 fully saturated rings. The van der Waals surface area contributed by atoms with Crippen LogP contribution in [0, 0.1) is 0 Å². The fourth-order valence-electron chi connectivity index (χ4n) is 4.09. The molecule has 0 aliphatic rings. The molecule has 0 atom stereocenters. The van der Waals surface area contributed by atoms with Crippen LogP contribution < -0.4 is 10.6 Å². The van der Waals surface area contributed by atoms with Gasteiger partial charge in [-0.3, -0.25) is 0 Å². The van der Waals surface area contributed by atoms with Crippen LogP contribution in [0.5, 0.6) is 0 Å². The molecular formula is C30H27PS. The third-order valence-electron chi connectivity index (χ3n) is 5.68. The lowest BCUT2D eigenvalue weighted by molar-refractivity contribution is 1.38. The van der Waals surface area contributed by atoms with Gasteiger partial charge in [-0.1, -0.05) is 139 Å². The summed E-state index contributed by atoms with van der Waals surface area (Å²) in [5.41, 5.74) is 5.07. The van der Waals surface area contributed by atoms with Crippen molar-refractivity contribution in [3.05, 3.63) is 145 Å². The lowest BCUT2D eigenvalue weighted by Crippen LogP contribution is -2.19. The molecule has 0 N–H and O–H groups in total. The molecule has 0 saturated heterocycles. The highest BCUT2D eigenvalue weighted by molar-refractivity contribution is 8.22. The molecule has 0 radical (unpaired) electrons. The maximum atomic E-state index is 6.62. The largest absolute Gasteiger partial charge is 0.103 e. The molecule has 32 heavy (non-hydrogen) atoms. The van der Waals surface area contributed by atoms with E-state index in [0.717, 1.165) is 12.6 Å². The summed E-state index contributed by atoms with van der Waals surface area (Å²) in [4.78, 5) is 0. The zero-order chi connectivity index (χ0) is 22.2. The summed E-state index contributed by atoms with van der Waals surface area (Å²) in [6, 6.07) is 40.6. The van der Waals surface area contributed by atoms with Crippen molar-refractivity contribution in [2.75, 3.05) is 6.16 Å². The second kappa shape index (κ2) is 10.6. The molecule has 0 saturated carbocycles. The van der Waals surface area contributed by atoms with E-state index in [2.05, 4.69) is 128 Å². The Morgan fingerprint density at radius 1 is 0.594 bits per heavy atom. The lowest BCUT2D eigenvalue weighted by Gasteiger charge is -2.27. The van der Waals surface area contributed by atoms with Crippen LogP contribution in [0.4, 0.5) is 0 Å². The Balaban J connectivity index is 1.97. The first-order valence-electron chi connectivity index (χ1n) is 10.9. The summed E-state index contributed by atoms with van der Waals surface area (Å²) in [6.07, 6.45) is 3.62. The fourth-order valence-corrected chi connectivity index (χ4v) is 8.00. The molecule has 4 aromatic rings. The van der Waals surface area contributed by atoms with E-state index in [1.807, 2.05) is 6.08 Å². The highest BCUT2D eigenvalue weighted by Crippen LogP contribution is 2.49. The van der Waals surface area contributed by atoms with Crippen molar-refractivity contribution in [1.29, 1.82) is 0 Å². The Morgan fingerprint density at radius 2 is 0.969 bits per heavy atom. The second-order valence-corrected chi connectivity index (χ2v) is 12.4. The van der Waals surface area contributed by atoms with Gasteiger partial charge >= 0.3 is 0 Å². The van der Waals surface area contributed by atoms with Crippen molar-refractivity contribution in [3.8, 4) is 0 Å². The Bertz CT molecular complexity index is 1180. The van der Waals surface area contributed by atoms with Crippen LogP contribution in [0.1, 0.15) is 17.5 Å². The summed E-state index contributed by atoms with van der Waals surface area (Å²) in [5, 5.41) is 2.50. The fraction of sp³-hybridized carbons (Fsp3) is 0.0667. The topological polar surface area (TPSA) is 0 Å². The van der Waals surface area contributed by atoms with Gasteiger partial charge in [0.15, 0.2) is 0 Å². The van der Waals surface area contributed by atoms with Crippen molar-refractivity contribution in [1.82, 2.24) is 0 Å². The van der Waals surface area contributed by atoms with Crippen LogP contribution in [-0.2, 0) is 11.8 Å². The minimum Gasteiger partial charge on any atom is -0.103 e. The van der Waals surface area contributed by atoms with E-state index >= 15 is 0 Å². The van der Waals surface area contributed by atoms with Crippen molar-refractivity contribution < 1.29 is 0 Å². The molecule has 0 bridgehead atoms. The van der Waals surface area contributed by atoms with Gasteiger partial charge in [0.1, 0.15) is 0 Å². The smallest absolute Gasteiger partial charge is 0.0148 e. The lowest BCUT2D eigenvalue weighted by atomic mass is 9.93. The predicted octanol–water partition coefficient (Wildman–Crippen LogP) is 7.30. The van der Waals surface area contributed by atoms with E-state index in [9.17, 15) is 0 Å². The molecule has 0 amide bonds. The van der Waals surface area contributed by atoms with Crippen molar-refractivity contribution in [2.24, 2.45) is 0 Å². The first kappa shape index (κ1) is 22.2. The summed E-state index contributed by atoms with van der Waals surface area (Å²) >= 11 is 6.62. The van der Waals surface area contributed by atoms with E-state index in [-0.39, 0.29) is 0 Å². The van der Waals surface area contributed by atoms with Crippen LogP contribution in [-0.4, -0.2) is 6.16 Å². The first-order valence-corrected chi connectivity index (χ1v) is 13.8. The average molecular weight is 451 g/mol. The summed E-state index contributed by atoms with van der Waals surface area (Å²) in [5.74, 6) is 0. The van der Waals surface area contributed by atoms with E-state index in [1.54, 1.807) is 0 Å². The molecule has 0 unspecified atom stereocenters. The van der Waals surface area contributed by atoms with Crippen molar-refractivity contribution in [3.63, 3.8) is 0 Å². The predicted molar refractivity (Wildman–Crippen MR) is 146 cm³/mol. The number of hydrogen-bond acceptors (Lipinski definition) is 1. The molecule has 4 aromatic carbocycles. The van der Waals surface area contributed by atoms with E-state index in [0.29, 0.717) is 0 Å². The Morgan fingerprint density at radius 3 is 1.38 bits per heavy atom. The standard InChI is InChI=1S/C30H27PS/c1-2-15-29(25-16-7-3-8-17-25)30(26-18-9-4-10-19-26)24-31(32,27-20-11-5-12-21-27)28-22-13-6-14-23-28/h2-14,16-23H,1,15,24H2/b30-29-. The van der Waals surface area contributed by atoms with Gasteiger partial charge in [0.2, 0.25) is 0 Å². The third kappa shape index (κ3) is 4.91. The van der Waals surface area contributed by atoms with Gasteiger partial charge in [-0.15, -0.1) is 6.58 Å². The monoisotopic (exact) mass is 450 g/mol. The second-order valence-electron chi connectivity index (χ2n) is 7.75. The minimum absolute atomic E-state index is 0.799. The number of hydrogen-bond donors (Lipinski definition) is 0. The van der Waals surface area contributed by atoms with Crippen molar-refractivity contribution >= 4 is 39.6 Å². The van der Waals surface area contributed by atoms with Gasteiger partial charge in [-0.05, 0) is 39.3 Å². The zero-order valence-corrected chi connectivity index (χ0v) is 19.8. The number of rotatable bonds is 8. The van der Waals surface area contributed by atoms with Crippen LogP contribution in [0.2, 0.25) is 0 Å². The third-order valence-corrected chi connectivity index (χ3v) is 10.4. The maximum Gasteiger partial charge on any atom is 0.0148 e. The average Bonchev–Trinajstić information content (AvgIpc) is 2.88. The molecule has 0 aromatic heterocycles. The number of allylic oxidation sites excluding steroid dienone is 3. The molecular weight excluding hydrogens is 423 g/mol. The van der Waals surface area contributed by atoms with Gasteiger partial charge < -0.3 is 0 Å². The zero-order valence-electron chi connectivity index (χ0n) is 18.1. The molecule has 0 aliphatic carbocycles. The SMILES string of the molecule is C=CC/C(=C(\CP(=S)(c1ccccc1)c1ccccc1)c1ccccc1)c1ccccc1. The molecule has 4 rings (SSSR count). The van der Waals surface area contributed by atoms with Crippen LogP contribution in [0.15, 0.2) is 134 Å². The highest BCUT2D eigenvalue weighted by atomic mass is 32.4. The summed E-state index contributed by atoms with van der Waals surface area (Å²) in [7, 11) is 0. The van der Waals surface area contributed by atoms with Crippen molar-refractivity contribution in [2.45, 2.75) is 6.42 Å². The van der Waals surface area contributed by atoms with E-state index < -0.39 is 6.04 Å².